The number of aryl methyl sites for hydroxylation is 1. The van der Waals surface area contributed by atoms with Crippen LogP contribution in [0.5, 0.6) is 11.5 Å². The maximum absolute atomic E-state index is 9.46. The average molecular weight is 270 g/mol. The van der Waals surface area contributed by atoms with Crippen molar-refractivity contribution in [3.63, 3.8) is 0 Å². The van der Waals surface area contributed by atoms with E-state index >= 15 is 0 Å². The molecule has 0 amide bonds. The molecule has 18 heavy (non-hydrogen) atoms. The third kappa shape index (κ3) is 3.30. The minimum Gasteiger partial charge on any atom is -0.504 e. The van der Waals surface area contributed by atoms with Gasteiger partial charge in [-0.3, -0.25) is 4.68 Å². The summed E-state index contributed by atoms with van der Waals surface area (Å²) in [7, 11) is 3.40. The lowest BCUT2D eigenvalue weighted by molar-refractivity contribution is 0.373. The summed E-state index contributed by atoms with van der Waals surface area (Å²) in [6.07, 6.45) is 1.87. The third-order valence-corrected chi connectivity index (χ3v) is 2.43. The Bertz CT molecular complexity index is 514. The molecular weight excluding hydrogens is 254 g/mol. The van der Waals surface area contributed by atoms with Crippen molar-refractivity contribution in [2.45, 2.75) is 6.54 Å². The fourth-order valence-corrected chi connectivity index (χ4v) is 1.53. The number of phenolic OH excluding ortho intramolecular Hbond substituents is 1. The molecule has 98 valence electrons. The Balaban J connectivity index is 0.00000162. The number of methoxy groups -OCH3 is 1. The van der Waals surface area contributed by atoms with E-state index in [0.717, 1.165) is 11.4 Å². The van der Waals surface area contributed by atoms with Crippen LogP contribution in [-0.4, -0.2) is 22.0 Å². The molecule has 0 radical (unpaired) electrons. The van der Waals surface area contributed by atoms with Gasteiger partial charge in [0.2, 0.25) is 0 Å². The molecule has 2 rings (SSSR count). The first-order chi connectivity index (χ1) is 8.19. The van der Waals surface area contributed by atoms with Gasteiger partial charge in [0.25, 0.3) is 0 Å². The highest BCUT2D eigenvalue weighted by atomic mass is 35.5. The van der Waals surface area contributed by atoms with Crippen LogP contribution in [0, 0.1) is 0 Å². The summed E-state index contributed by atoms with van der Waals surface area (Å²) in [6, 6.07) is 7.16. The molecule has 0 aliphatic carbocycles. The van der Waals surface area contributed by atoms with E-state index < -0.39 is 0 Å². The number of anilines is 1. The smallest absolute Gasteiger partial charge is 0.160 e. The Morgan fingerprint density at radius 3 is 2.78 bits per heavy atom. The van der Waals surface area contributed by atoms with Crippen molar-refractivity contribution in [3.8, 4) is 11.5 Å². The van der Waals surface area contributed by atoms with Crippen molar-refractivity contribution in [2.75, 3.05) is 12.4 Å². The van der Waals surface area contributed by atoms with Gasteiger partial charge in [-0.1, -0.05) is 6.07 Å². The van der Waals surface area contributed by atoms with Crippen LogP contribution >= 0.6 is 12.4 Å². The lowest BCUT2D eigenvalue weighted by Gasteiger charge is -2.07. The van der Waals surface area contributed by atoms with E-state index in [4.69, 9.17) is 4.74 Å². The number of aromatic nitrogens is 2. The number of hydrogen-bond donors (Lipinski definition) is 2. The first-order valence-corrected chi connectivity index (χ1v) is 5.28. The SMILES string of the molecule is COc1cc(CNc2ccn(C)n2)ccc1O.Cl. The predicted molar refractivity (Wildman–Crippen MR) is 72.4 cm³/mol. The van der Waals surface area contributed by atoms with Crippen molar-refractivity contribution in [1.29, 1.82) is 0 Å². The zero-order chi connectivity index (χ0) is 12.3. The topological polar surface area (TPSA) is 59.3 Å². The minimum absolute atomic E-state index is 0. The van der Waals surface area contributed by atoms with Gasteiger partial charge >= 0.3 is 0 Å². The number of ether oxygens (including phenoxy) is 1. The van der Waals surface area contributed by atoms with E-state index in [1.165, 1.54) is 7.11 Å². The van der Waals surface area contributed by atoms with Gasteiger partial charge in [-0.15, -0.1) is 12.4 Å². The van der Waals surface area contributed by atoms with Gasteiger partial charge in [0.1, 0.15) is 5.82 Å². The van der Waals surface area contributed by atoms with E-state index in [-0.39, 0.29) is 18.2 Å². The molecule has 2 aromatic rings. The number of phenols is 1. The number of rotatable bonds is 4. The molecule has 0 bridgehead atoms. The molecule has 5 nitrogen and oxygen atoms in total. The molecule has 0 fully saturated rings. The van der Waals surface area contributed by atoms with Crippen LogP contribution in [0.15, 0.2) is 30.5 Å². The molecule has 0 saturated carbocycles. The van der Waals surface area contributed by atoms with Crippen LogP contribution in [0.2, 0.25) is 0 Å². The van der Waals surface area contributed by atoms with E-state index in [1.807, 2.05) is 25.4 Å². The molecule has 0 aliphatic heterocycles. The molecule has 0 saturated heterocycles. The van der Waals surface area contributed by atoms with E-state index in [2.05, 4.69) is 10.4 Å². The van der Waals surface area contributed by atoms with Crippen LogP contribution in [0.1, 0.15) is 5.56 Å². The molecule has 1 aromatic carbocycles. The third-order valence-electron chi connectivity index (χ3n) is 2.43. The number of aromatic hydroxyl groups is 1. The lowest BCUT2D eigenvalue weighted by Crippen LogP contribution is -2.01. The highest BCUT2D eigenvalue weighted by Crippen LogP contribution is 2.26. The van der Waals surface area contributed by atoms with E-state index in [1.54, 1.807) is 16.8 Å². The molecule has 0 spiro atoms. The standard InChI is InChI=1S/C12H15N3O2.ClH/c1-15-6-5-12(14-15)13-8-9-3-4-10(16)11(7-9)17-2;/h3-7,16H,8H2,1-2H3,(H,13,14);1H. The first-order valence-electron chi connectivity index (χ1n) is 5.28. The Kier molecular flexibility index (Phi) is 4.85. The number of halogens is 1. The van der Waals surface area contributed by atoms with Crippen molar-refractivity contribution < 1.29 is 9.84 Å². The molecule has 0 unspecified atom stereocenters. The summed E-state index contributed by atoms with van der Waals surface area (Å²) in [5, 5.41) is 16.9. The molecule has 6 heteroatoms. The fourth-order valence-electron chi connectivity index (χ4n) is 1.53. The highest BCUT2D eigenvalue weighted by Gasteiger charge is 2.03. The second-order valence-electron chi connectivity index (χ2n) is 3.73. The predicted octanol–water partition coefficient (Wildman–Crippen LogP) is 2.17. The maximum atomic E-state index is 9.46. The number of benzene rings is 1. The molecule has 2 N–H and O–H groups in total. The average Bonchev–Trinajstić information content (AvgIpc) is 2.74. The van der Waals surface area contributed by atoms with Gasteiger partial charge in [0.05, 0.1) is 7.11 Å². The molecule has 1 aromatic heterocycles. The molecule has 0 aliphatic rings. The molecule has 1 heterocycles. The van der Waals surface area contributed by atoms with Crippen LogP contribution in [0.4, 0.5) is 5.82 Å². The van der Waals surface area contributed by atoms with E-state index in [9.17, 15) is 5.11 Å². The lowest BCUT2D eigenvalue weighted by atomic mass is 10.2. The summed E-state index contributed by atoms with van der Waals surface area (Å²) in [5.74, 6) is 1.44. The first kappa shape index (κ1) is 14.2. The van der Waals surface area contributed by atoms with Gasteiger partial charge in [-0.2, -0.15) is 5.10 Å². The van der Waals surface area contributed by atoms with Gasteiger partial charge in [-0.25, -0.2) is 0 Å². The van der Waals surface area contributed by atoms with Crippen molar-refractivity contribution in [2.24, 2.45) is 7.05 Å². The largest absolute Gasteiger partial charge is 0.504 e. The van der Waals surface area contributed by atoms with Crippen LogP contribution < -0.4 is 10.1 Å². The summed E-state index contributed by atoms with van der Waals surface area (Å²) in [4.78, 5) is 0. The Hall–Kier alpha value is -1.88. The quantitative estimate of drug-likeness (QED) is 0.893. The Labute approximate surface area is 112 Å². The van der Waals surface area contributed by atoms with E-state index in [0.29, 0.717) is 12.3 Å². The van der Waals surface area contributed by atoms with Crippen LogP contribution in [-0.2, 0) is 13.6 Å². The van der Waals surface area contributed by atoms with Crippen molar-refractivity contribution in [3.05, 3.63) is 36.0 Å². The summed E-state index contributed by atoms with van der Waals surface area (Å²) < 4.78 is 6.78. The summed E-state index contributed by atoms with van der Waals surface area (Å²) >= 11 is 0. The van der Waals surface area contributed by atoms with Gasteiger partial charge < -0.3 is 15.2 Å². The van der Waals surface area contributed by atoms with Crippen LogP contribution in [0.3, 0.4) is 0 Å². The minimum atomic E-state index is 0. The van der Waals surface area contributed by atoms with Crippen LogP contribution in [0.25, 0.3) is 0 Å². The monoisotopic (exact) mass is 269 g/mol. The Morgan fingerprint density at radius 2 is 2.17 bits per heavy atom. The number of nitrogens with zero attached hydrogens (tertiary/aromatic N) is 2. The maximum Gasteiger partial charge on any atom is 0.160 e. The molecule has 0 atom stereocenters. The zero-order valence-electron chi connectivity index (χ0n) is 10.3. The van der Waals surface area contributed by atoms with Gasteiger partial charge in [0, 0.05) is 25.9 Å². The Morgan fingerprint density at radius 1 is 1.39 bits per heavy atom. The molecular formula is C12H16ClN3O2. The number of hydrogen-bond acceptors (Lipinski definition) is 4. The van der Waals surface area contributed by atoms with Crippen molar-refractivity contribution >= 4 is 18.2 Å². The fraction of sp³-hybridized carbons (Fsp3) is 0.250. The van der Waals surface area contributed by atoms with Gasteiger partial charge in [-0.05, 0) is 17.7 Å². The zero-order valence-corrected chi connectivity index (χ0v) is 11.1. The summed E-state index contributed by atoms with van der Waals surface area (Å²) in [5.41, 5.74) is 1.02. The van der Waals surface area contributed by atoms with Gasteiger partial charge in [0.15, 0.2) is 11.5 Å². The highest BCUT2D eigenvalue weighted by molar-refractivity contribution is 5.85. The second kappa shape index (κ2) is 6.16. The van der Waals surface area contributed by atoms with Crippen molar-refractivity contribution in [1.82, 2.24) is 9.78 Å². The normalized spacial score (nSPS) is 9.67. The number of nitrogens with one attached hydrogen (secondary N) is 1. The second-order valence-corrected chi connectivity index (χ2v) is 3.73. The summed E-state index contributed by atoms with van der Waals surface area (Å²) in [6.45, 7) is 0.633.